The van der Waals surface area contributed by atoms with Crippen LogP contribution >= 0.6 is 7.60 Å². The molecule has 0 bridgehead atoms. The number of nitrogens with zero attached hydrogens (tertiary/aromatic N) is 1. The zero-order valence-electron chi connectivity index (χ0n) is 10.2. The molecule has 0 spiro atoms. The van der Waals surface area contributed by atoms with E-state index in [-0.39, 0.29) is 6.29 Å². The molecule has 0 aliphatic carbocycles. The number of fused-ring (bicyclic) bond motifs is 1. The third-order valence-electron chi connectivity index (χ3n) is 2.87. The first kappa shape index (κ1) is 12.4. The first-order valence-electron chi connectivity index (χ1n) is 5.34. The van der Waals surface area contributed by atoms with Crippen LogP contribution in [0.15, 0.2) is 30.5 Å². The molecule has 1 aromatic carbocycles. The molecule has 4 nitrogen and oxygen atoms in total. The zero-order chi connectivity index (χ0) is 12.5. The average Bonchev–Trinajstić information content (AvgIpc) is 2.67. The molecule has 0 fully saturated rings. The van der Waals surface area contributed by atoms with Crippen LogP contribution in [0.2, 0.25) is 0 Å². The summed E-state index contributed by atoms with van der Waals surface area (Å²) in [7, 11) is -0.220. The maximum absolute atomic E-state index is 12.1. The van der Waals surface area contributed by atoms with E-state index in [0.717, 1.165) is 16.5 Å². The average molecular weight is 253 g/mol. The molecule has 0 saturated carbocycles. The lowest BCUT2D eigenvalue weighted by Crippen LogP contribution is -2.00. The van der Waals surface area contributed by atoms with Gasteiger partial charge in [0.1, 0.15) is 6.29 Å². The first-order chi connectivity index (χ1) is 8.09. The van der Waals surface area contributed by atoms with Crippen molar-refractivity contribution in [1.82, 2.24) is 4.57 Å². The molecule has 0 saturated heterocycles. The van der Waals surface area contributed by atoms with E-state index in [9.17, 15) is 4.57 Å². The SMILES string of the molecule is COP(=O)(Cn1cc(C)c2ccccc21)OC. The monoisotopic (exact) mass is 253 g/mol. The fraction of sp³-hybridized carbons (Fsp3) is 0.333. The Morgan fingerprint density at radius 1 is 1.24 bits per heavy atom. The summed E-state index contributed by atoms with van der Waals surface area (Å²) in [5.41, 5.74) is 2.19. The lowest BCUT2D eigenvalue weighted by molar-refractivity contribution is 0.269. The van der Waals surface area contributed by atoms with Crippen molar-refractivity contribution < 1.29 is 13.6 Å². The van der Waals surface area contributed by atoms with Crippen LogP contribution in [0, 0.1) is 6.92 Å². The summed E-state index contributed by atoms with van der Waals surface area (Å²) in [4.78, 5) is 0. The second-order valence-corrected chi connectivity index (χ2v) is 6.15. The molecule has 0 aliphatic heterocycles. The van der Waals surface area contributed by atoms with Gasteiger partial charge in [0.05, 0.1) is 0 Å². The Morgan fingerprint density at radius 3 is 2.53 bits per heavy atom. The van der Waals surface area contributed by atoms with Crippen molar-refractivity contribution in [3.63, 3.8) is 0 Å². The fourth-order valence-electron chi connectivity index (χ4n) is 1.92. The van der Waals surface area contributed by atoms with Gasteiger partial charge in [-0.3, -0.25) is 4.57 Å². The van der Waals surface area contributed by atoms with Crippen molar-refractivity contribution in [2.45, 2.75) is 13.2 Å². The van der Waals surface area contributed by atoms with Crippen molar-refractivity contribution in [3.8, 4) is 0 Å². The van der Waals surface area contributed by atoms with Gasteiger partial charge in [-0.1, -0.05) is 18.2 Å². The van der Waals surface area contributed by atoms with E-state index in [4.69, 9.17) is 9.05 Å². The molecular weight excluding hydrogens is 237 g/mol. The van der Waals surface area contributed by atoms with E-state index in [1.807, 2.05) is 42.0 Å². The van der Waals surface area contributed by atoms with E-state index in [0.29, 0.717) is 0 Å². The number of rotatable bonds is 4. The third-order valence-corrected chi connectivity index (χ3v) is 4.63. The summed E-state index contributed by atoms with van der Waals surface area (Å²) in [6.07, 6.45) is 2.20. The fourth-order valence-corrected chi connectivity index (χ4v) is 2.91. The maximum Gasteiger partial charge on any atom is 0.349 e. The minimum absolute atomic E-state index is 0.231. The molecule has 2 rings (SSSR count). The molecule has 0 unspecified atom stereocenters. The van der Waals surface area contributed by atoms with Gasteiger partial charge in [-0.25, -0.2) is 0 Å². The minimum atomic E-state index is -3.03. The van der Waals surface area contributed by atoms with Crippen LogP contribution in [-0.4, -0.2) is 18.8 Å². The van der Waals surface area contributed by atoms with Gasteiger partial charge in [-0.05, 0) is 18.6 Å². The number of aryl methyl sites for hydroxylation is 1. The number of benzene rings is 1. The highest BCUT2D eigenvalue weighted by atomic mass is 31.2. The van der Waals surface area contributed by atoms with Gasteiger partial charge in [-0.15, -0.1) is 0 Å². The summed E-state index contributed by atoms with van der Waals surface area (Å²) in [5.74, 6) is 0. The molecule has 0 atom stereocenters. The second kappa shape index (κ2) is 4.65. The standard InChI is InChI=1S/C12H16NO3P/c1-10-8-13(9-17(14,15-2)16-3)12-7-5-4-6-11(10)12/h4-8H,9H2,1-3H3. The minimum Gasteiger partial charge on any atom is -0.335 e. The molecule has 0 aliphatic rings. The summed E-state index contributed by atoms with van der Waals surface area (Å²) >= 11 is 0. The van der Waals surface area contributed by atoms with Crippen molar-refractivity contribution in [2.75, 3.05) is 14.2 Å². The van der Waals surface area contributed by atoms with Gasteiger partial charge >= 0.3 is 7.60 Å². The van der Waals surface area contributed by atoms with Crippen molar-refractivity contribution in [3.05, 3.63) is 36.0 Å². The molecule has 0 N–H and O–H groups in total. The van der Waals surface area contributed by atoms with Crippen LogP contribution in [0.25, 0.3) is 10.9 Å². The second-order valence-electron chi connectivity index (χ2n) is 3.92. The Hall–Kier alpha value is -1.09. The molecule has 2 aromatic rings. The molecule has 1 heterocycles. The van der Waals surface area contributed by atoms with E-state index in [1.54, 1.807) is 0 Å². The van der Waals surface area contributed by atoms with Gasteiger partial charge in [0, 0.05) is 31.3 Å². The maximum atomic E-state index is 12.1. The van der Waals surface area contributed by atoms with Crippen molar-refractivity contribution in [1.29, 1.82) is 0 Å². The van der Waals surface area contributed by atoms with E-state index in [2.05, 4.69) is 0 Å². The topological polar surface area (TPSA) is 40.5 Å². The highest BCUT2D eigenvalue weighted by Crippen LogP contribution is 2.48. The van der Waals surface area contributed by atoms with Gasteiger partial charge in [0.15, 0.2) is 0 Å². The Labute approximate surface area is 101 Å². The summed E-state index contributed by atoms with van der Waals surface area (Å²) in [6, 6.07) is 8.00. The van der Waals surface area contributed by atoms with Gasteiger partial charge in [0.2, 0.25) is 0 Å². The summed E-state index contributed by atoms with van der Waals surface area (Å²) in [6.45, 7) is 2.03. The van der Waals surface area contributed by atoms with Crippen LogP contribution in [0.1, 0.15) is 5.56 Å². The molecule has 92 valence electrons. The van der Waals surface area contributed by atoms with Crippen LogP contribution in [-0.2, 0) is 19.9 Å². The van der Waals surface area contributed by atoms with Crippen LogP contribution in [0.3, 0.4) is 0 Å². The number of hydrogen-bond acceptors (Lipinski definition) is 3. The Bertz CT molecular complexity index is 568. The molecular formula is C12H16NO3P. The number of para-hydroxylation sites is 1. The lowest BCUT2D eigenvalue weighted by atomic mass is 10.2. The van der Waals surface area contributed by atoms with E-state index < -0.39 is 7.60 Å². The normalized spacial score (nSPS) is 12.2. The zero-order valence-corrected chi connectivity index (χ0v) is 11.1. The number of hydrogen-bond donors (Lipinski definition) is 0. The van der Waals surface area contributed by atoms with Gasteiger partial charge < -0.3 is 13.6 Å². The van der Waals surface area contributed by atoms with Crippen LogP contribution in [0.4, 0.5) is 0 Å². The van der Waals surface area contributed by atoms with Crippen molar-refractivity contribution in [2.24, 2.45) is 0 Å². The number of aromatic nitrogens is 1. The highest BCUT2D eigenvalue weighted by molar-refractivity contribution is 7.52. The van der Waals surface area contributed by atoms with Gasteiger partial charge in [-0.2, -0.15) is 0 Å². The Morgan fingerprint density at radius 2 is 1.88 bits per heavy atom. The Kier molecular flexibility index (Phi) is 3.38. The predicted molar refractivity (Wildman–Crippen MR) is 68.3 cm³/mol. The lowest BCUT2D eigenvalue weighted by Gasteiger charge is -2.14. The highest BCUT2D eigenvalue weighted by Gasteiger charge is 2.22. The largest absolute Gasteiger partial charge is 0.349 e. The Balaban J connectivity index is 2.47. The van der Waals surface area contributed by atoms with Crippen LogP contribution in [0.5, 0.6) is 0 Å². The molecule has 17 heavy (non-hydrogen) atoms. The van der Waals surface area contributed by atoms with E-state index >= 15 is 0 Å². The summed E-state index contributed by atoms with van der Waals surface area (Å²) < 4.78 is 23.9. The van der Waals surface area contributed by atoms with Crippen LogP contribution < -0.4 is 0 Å². The molecule has 1 aromatic heterocycles. The quantitative estimate of drug-likeness (QED) is 0.784. The first-order valence-corrected chi connectivity index (χ1v) is 7.07. The predicted octanol–water partition coefficient (Wildman–Crippen LogP) is 3.39. The van der Waals surface area contributed by atoms with Crippen molar-refractivity contribution >= 4 is 18.5 Å². The molecule has 0 amide bonds. The molecule has 0 radical (unpaired) electrons. The van der Waals surface area contributed by atoms with E-state index in [1.165, 1.54) is 14.2 Å². The van der Waals surface area contributed by atoms with Gasteiger partial charge in [0.25, 0.3) is 0 Å². The molecule has 5 heteroatoms. The summed E-state index contributed by atoms with van der Waals surface area (Å²) in [5, 5.41) is 1.16. The smallest absolute Gasteiger partial charge is 0.335 e. The third kappa shape index (κ3) is 2.29.